The molecule has 2 aliphatic heterocycles. The van der Waals surface area contributed by atoms with Gasteiger partial charge in [0.05, 0.1) is 37.5 Å². The van der Waals surface area contributed by atoms with Crippen LogP contribution in [0, 0.1) is 0 Å². The molecule has 37 heavy (non-hydrogen) atoms. The number of aliphatic hydroxyl groups excluding tert-OH is 1. The largest absolute Gasteiger partial charge is 0.497 e. The first-order valence-corrected chi connectivity index (χ1v) is 13.3. The Bertz CT molecular complexity index is 1100. The Kier molecular flexibility index (Phi) is 8.95. The van der Waals surface area contributed by atoms with Crippen molar-refractivity contribution in [1.29, 1.82) is 0 Å². The van der Waals surface area contributed by atoms with Crippen LogP contribution in [0.1, 0.15) is 44.4 Å². The summed E-state index contributed by atoms with van der Waals surface area (Å²) in [6, 6.07) is 12.9. The number of amides is 2. The maximum atomic E-state index is 14.2. The first-order valence-electron chi connectivity index (χ1n) is 13.0. The van der Waals surface area contributed by atoms with Gasteiger partial charge in [-0.3, -0.25) is 14.8 Å². The van der Waals surface area contributed by atoms with E-state index >= 15 is 0 Å². The number of amidine groups is 1. The maximum absolute atomic E-state index is 14.2. The normalized spacial score (nSPS) is 20.4. The molecule has 2 heterocycles. The van der Waals surface area contributed by atoms with Gasteiger partial charge in [0.15, 0.2) is 0 Å². The van der Waals surface area contributed by atoms with Gasteiger partial charge in [-0.05, 0) is 50.1 Å². The molecule has 0 spiro atoms. The van der Waals surface area contributed by atoms with Gasteiger partial charge in [-0.15, -0.1) is 0 Å². The number of piperazine rings is 1. The van der Waals surface area contributed by atoms with Crippen LogP contribution in [0.25, 0.3) is 0 Å². The molecular formula is C28H37ClN4O4. The van der Waals surface area contributed by atoms with E-state index in [0.717, 1.165) is 30.6 Å². The average Bonchev–Trinajstić information content (AvgIpc) is 3.28. The highest BCUT2D eigenvalue weighted by Crippen LogP contribution is 2.39. The number of urea groups is 1. The topological polar surface area (TPSA) is 77.8 Å². The number of hydrogen-bond donors (Lipinski definition) is 1. The fourth-order valence-electron chi connectivity index (χ4n) is 4.97. The monoisotopic (exact) mass is 528 g/mol. The van der Waals surface area contributed by atoms with Crippen LogP contribution in [0.2, 0.25) is 5.02 Å². The minimum absolute atomic E-state index is 0.0642. The molecule has 0 aromatic heterocycles. The summed E-state index contributed by atoms with van der Waals surface area (Å²) >= 11 is 6.20. The number of rotatable bonds is 8. The third-order valence-electron chi connectivity index (χ3n) is 6.85. The molecular weight excluding hydrogens is 492 g/mol. The van der Waals surface area contributed by atoms with Gasteiger partial charge in [0.25, 0.3) is 0 Å². The minimum atomic E-state index is -0.269. The SMILES string of the molecule is CCC1N=C(c2ccc(OC)cc2OC(C)C)N(C(=O)N2CCN(CCO)CC2)[C@H]1c1ccc(Cl)cc1. The lowest BCUT2D eigenvalue weighted by Crippen LogP contribution is -2.54. The molecule has 1 unspecified atom stereocenters. The van der Waals surface area contributed by atoms with E-state index in [1.54, 1.807) is 7.11 Å². The number of β-amino-alcohol motifs (C(OH)–C–C–N with tert-alkyl or cyclic N) is 1. The lowest BCUT2D eigenvalue weighted by Gasteiger charge is -2.39. The molecule has 8 nitrogen and oxygen atoms in total. The number of methoxy groups -OCH3 is 1. The highest BCUT2D eigenvalue weighted by molar-refractivity contribution is 6.30. The number of hydrogen-bond acceptors (Lipinski definition) is 6. The summed E-state index contributed by atoms with van der Waals surface area (Å²) in [5.74, 6) is 1.91. The van der Waals surface area contributed by atoms with Gasteiger partial charge in [0.2, 0.25) is 0 Å². The summed E-state index contributed by atoms with van der Waals surface area (Å²) in [5.41, 5.74) is 1.75. The number of aliphatic hydroxyl groups is 1. The Morgan fingerprint density at radius 2 is 1.84 bits per heavy atom. The molecule has 9 heteroatoms. The maximum Gasteiger partial charge on any atom is 0.326 e. The standard InChI is InChI=1S/C28H37ClN4O4/c1-5-24-26(20-6-8-21(29)9-7-20)33(28(35)32-14-12-31(13-15-32)16-17-34)27(30-24)23-11-10-22(36-4)18-25(23)37-19(2)3/h6-11,18-19,24,26,34H,5,12-17H2,1-4H3/t24?,26-/m0/s1. The minimum Gasteiger partial charge on any atom is -0.497 e. The van der Waals surface area contributed by atoms with Gasteiger partial charge in [0, 0.05) is 43.8 Å². The number of carbonyl (C=O) groups is 1. The molecule has 4 rings (SSSR count). The molecule has 200 valence electrons. The van der Waals surface area contributed by atoms with Crippen molar-refractivity contribution < 1.29 is 19.4 Å². The summed E-state index contributed by atoms with van der Waals surface area (Å²) in [6.45, 7) is 9.39. The lowest BCUT2D eigenvalue weighted by molar-refractivity contribution is 0.107. The molecule has 0 saturated carbocycles. The van der Waals surface area contributed by atoms with E-state index in [2.05, 4.69) is 11.8 Å². The summed E-state index contributed by atoms with van der Waals surface area (Å²) in [5, 5.41) is 9.96. The smallest absolute Gasteiger partial charge is 0.326 e. The highest BCUT2D eigenvalue weighted by Gasteiger charge is 2.43. The molecule has 1 fully saturated rings. The predicted molar refractivity (Wildman–Crippen MR) is 146 cm³/mol. The van der Waals surface area contributed by atoms with Crippen LogP contribution in [0.4, 0.5) is 4.79 Å². The Labute approximate surface area is 224 Å². The van der Waals surface area contributed by atoms with Crippen LogP contribution >= 0.6 is 11.6 Å². The van der Waals surface area contributed by atoms with E-state index in [4.69, 9.17) is 26.1 Å². The number of aliphatic imine (C=N–C) groups is 1. The predicted octanol–water partition coefficient (Wildman–Crippen LogP) is 4.45. The summed E-state index contributed by atoms with van der Waals surface area (Å²) in [6.07, 6.45) is 0.701. The van der Waals surface area contributed by atoms with Gasteiger partial charge in [-0.1, -0.05) is 30.7 Å². The van der Waals surface area contributed by atoms with Crippen molar-refractivity contribution in [3.63, 3.8) is 0 Å². The van der Waals surface area contributed by atoms with Crippen molar-refractivity contribution in [3.8, 4) is 11.5 Å². The zero-order valence-corrected chi connectivity index (χ0v) is 22.8. The molecule has 0 bridgehead atoms. The highest BCUT2D eigenvalue weighted by atomic mass is 35.5. The molecule has 2 amide bonds. The molecule has 2 aromatic carbocycles. The first kappa shape index (κ1) is 27.2. The van der Waals surface area contributed by atoms with Gasteiger partial charge in [-0.2, -0.15) is 0 Å². The van der Waals surface area contributed by atoms with Crippen LogP contribution in [-0.4, -0.2) is 90.3 Å². The van der Waals surface area contributed by atoms with Gasteiger partial charge >= 0.3 is 6.03 Å². The summed E-state index contributed by atoms with van der Waals surface area (Å²) in [7, 11) is 1.62. The van der Waals surface area contributed by atoms with Crippen LogP contribution in [0.3, 0.4) is 0 Å². The Morgan fingerprint density at radius 1 is 1.14 bits per heavy atom. The first-order chi connectivity index (χ1) is 17.9. The Balaban J connectivity index is 1.76. The van der Waals surface area contributed by atoms with Crippen molar-refractivity contribution >= 4 is 23.5 Å². The Morgan fingerprint density at radius 3 is 2.43 bits per heavy atom. The van der Waals surface area contributed by atoms with Crippen LogP contribution in [-0.2, 0) is 0 Å². The van der Waals surface area contributed by atoms with Crippen molar-refractivity contribution in [2.24, 2.45) is 4.99 Å². The average molecular weight is 529 g/mol. The molecule has 0 aliphatic carbocycles. The molecule has 2 aromatic rings. The number of ether oxygens (including phenoxy) is 2. The van der Waals surface area contributed by atoms with Crippen molar-refractivity contribution in [2.75, 3.05) is 46.4 Å². The summed E-state index contributed by atoms with van der Waals surface area (Å²) in [4.78, 5) is 25.2. The van der Waals surface area contributed by atoms with Gasteiger partial charge < -0.3 is 19.5 Å². The summed E-state index contributed by atoms with van der Waals surface area (Å²) < 4.78 is 11.6. The number of halogens is 1. The zero-order chi connectivity index (χ0) is 26.5. The second-order valence-electron chi connectivity index (χ2n) is 9.66. The zero-order valence-electron chi connectivity index (χ0n) is 22.1. The van der Waals surface area contributed by atoms with Crippen molar-refractivity contribution in [2.45, 2.75) is 45.4 Å². The van der Waals surface area contributed by atoms with E-state index in [1.165, 1.54) is 0 Å². The molecule has 1 saturated heterocycles. The molecule has 0 radical (unpaired) electrons. The second kappa shape index (κ2) is 12.2. The lowest BCUT2D eigenvalue weighted by atomic mass is 9.97. The van der Waals surface area contributed by atoms with Crippen molar-refractivity contribution in [3.05, 3.63) is 58.6 Å². The molecule has 1 N–H and O–H groups in total. The van der Waals surface area contributed by atoms with Crippen LogP contribution in [0.5, 0.6) is 11.5 Å². The van der Waals surface area contributed by atoms with Crippen LogP contribution in [0.15, 0.2) is 47.5 Å². The fourth-order valence-corrected chi connectivity index (χ4v) is 5.10. The number of benzene rings is 2. The molecule has 2 atom stereocenters. The number of carbonyl (C=O) groups excluding carboxylic acids is 1. The molecule has 2 aliphatic rings. The van der Waals surface area contributed by atoms with E-state index in [-0.39, 0.29) is 30.8 Å². The third kappa shape index (κ3) is 6.03. The van der Waals surface area contributed by atoms with E-state index < -0.39 is 0 Å². The Hall–Kier alpha value is -2.81. The van der Waals surface area contributed by atoms with Crippen LogP contribution < -0.4 is 9.47 Å². The van der Waals surface area contributed by atoms with Gasteiger partial charge in [0.1, 0.15) is 17.3 Å². The second-order valence-corrected chi connectivity index (χ2v) is 10.1. The number of nitrogens with zero attached hydrogens (tertiary/aromatic N) is 4. The quantitative estimate of drug-likeness (QED) is 0.548. The van der Waals surface area contributed by atoms with E-state index in [1.807, 2.05) is 66.1 Å². The van der Waals surface area contributed by atoms with E-state index in [9.17, 15) is 9.90 Å². The van der Waals surface area contributed by atoms with E-state index in [0.29, 0.717) is 42.0 Å². The van der Waals surface area contributed by atoms with Gasteiger partial charge in [-0.25, -0.2) is 4.79 Å². The third-order valence-corrected chi connectivity index (χ3v) is 7.10. The fraction of sp³-hybridized carbons (Fsp3) is 0.500. The van der Waals surface area contributed by atoms with Crippen molar-refractivity contribution in [1.82, 2.24) is 14.7 Å².